The van der Waals surface area contributed by atoms with Crippen LogP contribution < -0.4 is 21.1 Å². The van der Waals surface area contributed by atoms with Crippen molar-refractivity contribution in [2.75, 3.05) is 17.7 Å². The zero-order valence-corrected chi connectivity index (χ0v) is 20.9. The molecule has 4 rings (SSSR count). The molecule has 1 aliphatic rings. The smallest absolute Gasteiger partial charge is 0.271 e. The second-order valence-corrected chi connectivity index (χ2v) is 11.3. The number of carbonyl (C=O) groups is 2. The Bertz CT molecular complexity index is 1420. The van der Waals surface area contributed by atoms with Crippen LogP contribution in [0.4, 0.5) is 17.2 Å². The molecule has 0 spiro atoms. The molecule has 1 aliphatic carbocycles. The maximum Gasteiger partial charge on any atom is 0.271 e. The fourth-order valence-corrected chi connectivity index (χ4v) is 4.52. The van der Waals surface area contributed by atoms with Gasteiger partial charge in [-0.15, -0.1) is 10.2 Å². The first kappa shape index (κ1) is 25.0. The largest absolute Gasteiger partial charge is 0.494 e. The number of amides is 2. The van der Waals surface area contributed by atoms with Crippen molar-refractivity contribution in [3.63, 3.8) is 0 Å². The molecule has 2 aromatic heterocycles. The highest BCUT2D eigenvalue weighted by molar-refractivity contribution is 7.93. The van der Waals surface area contributed by atoms with Crippen LogP contribution in [0.15, 0.2) is 47.5 Å². The van der Waals surface area contributed by atoms with Gasteiger partial charge in [0.05, 0.1) is 38.8 Å². The molecule has 0 radical (unpaired) electrons. The summed E-state index contributed by atoms with van der Waals surface area (Å²) in [6.45, 7) is 3.47. The van der Waals surface area contributed by atoms with Gasteiger partial charge in [-0.3, -0.25) is 14.6 Å². The van der Waals surface area contributed by atoms with Crippen LogP contribution in [0.2, 0.25) is 0 Å². The topological polar surface area (TPSA) is 173 Å². The number of aromatic nitrogens is 3. The Morgan fingerprint density at radius 3 is 2.50 bits per heavy atom. The van der Waals surface area contributed by atoms with E-state index in [0.29, 0.717) is 27.6 Å². The molecule has 0 bridgehead atoms. The summed E-state index contributed by atoms with van der Waals surface area (Å²) in [5.41, 5.74) is 7.28. The Balaban J connectivity index is 1.69. The lowest BCUT2D eigenvalue weighted by Crippen LogP contribution is -2.19. The SMILES string of the molecule is COc1c(Nc2cc(NC(=O)C3CC3)nnc2C(N)=O)cccc1-c1ccc(S(=N)(=O)C(C)C)cn1. The molecule has 0 aliphatic heterocycles. The van der Waals surface area contributed by atoms with Gasteiger partial charge in [0.1, 0.15) is 0 Å². The van der Waals surface area contributed by atoms with E-state index in [1.807, 2.05) is 0 Å². The number of methoxy groups -OCH3 is 1. The van der Waals surface area contributed by atoms with E-state index in [2.05, 4.69) is 25.8 Å². The zero-order valence-electron chi connectivity index (χ0n) is 20.1. The van der Waals surface area contributed by atoms with Gasteiger partial charge in [-0.2, -0.15) is 0 Å². The van der Waals surface area contributed by atoms with Gasteiger partial charge < -0.3 is 21.1 Å². The van der Waals surface area contributed by atoms with Crippen LogP contribution in [-0.4, -0.2) is 43.6 Å². The van der Waals surface area contributed by atoms with E-state index in [1.54, 1.807) is 44.2 Å². The summed E-state index contributed by atoms with van der Waals surface area (Å²) in [5, 5.41) is 13.3. The normalized spacial score (nSPS) is 14.7. The number of benzene rings is 1. The van der Waals surface area contributed by atoms with Gasteiger partial charge in [-0.05, 0) is 51.0 Å². The number of primary amides is 1. The highest BCUT2D eigenvalue weighted by Gasteiger charge is 2.30. The van der Waals surface area contributed by atoms with Crippen molar-refractivity contribution in [2.45, 2.75) is 36.8 Å². The zero-order chi connectivity index (χ0) is 26.0. The van der Waals surface area contributed by atoms with Crippen molar-refractivity contribution in [1.29, 1.82) is 4.78 Å². The molecule has 12 heteroatoms. The summed E-state index contributed by atoms with van der Waals surface area (Å²) >= 11 is 0. The average Bonchev–Trinajstić information content (AvgIpc) is 3.69. The summed E-state index contributed by atoms with van der Waals surface area (Å²) in [5.74, 6) is -0.356. The molecule has 1 fully saturated rings. The number of para-hydroxylation sites is 1. The second-order valence-electron chi connectivity index (χ2n) is 8.66. The molecule has 2 amide bonds. The maximum absolute atomic E-state index is 12.7. The first-order valence-corrected chi connectivity index (χ1v) is 12.9. The molecular formula is C24H27N7O4S. The van der Waals surface area contributed by atoms with Crippen molar-refractivity contribution in [1.82, 2.24) is 15.2 Å². The van der Waals surface area contributed by atoms with Crippen molar-refractivity contribution >= 4 is 38.7 Å². The first-order chi connectivity index (χ1) is 17.1. The highest BCUT2D eigenvalue weighted by Crippen LogP contribution is 2.38. The van der Waals surface area contributed by atoms with Crippen molar-refractivity contribution in [2.24, 2.45) is 11.7 Å². The number of nitrogens with one attached hydrogen (secondary N) is 3. The van der Waals surface area contributed by atoms with Crippen molar-refractivity contribution in [3.8, 4) is 17.0 Å². The van der Waals surface area contributed by atoms with E-state index < -0.39 is 15.6 Å². The molecule has 1 unspecified atom stereocenters. The third kappa shape index (κ3) is 5.13. The summed E-state index contributed by atoms with van der Waals surface area (Å²) in [6, 6.07) is 10.1. The van der Waals surface area contributed by atoms with Crippen LogP contribution in [-0.2, 0) is 14.5 Å². The Hall–Kier alpha value is -4.06. The molecule has 1 atom stereocenters. The standard InChI is InChI=1S/C24H27N7O4S/c1-13(2)36(26,34)15-9-10-17(27-12-15)16-5-4-6-18(22(16)35-3)28-19-11-20(29-24(33)14-7-8-14)30-31-21(19)23(25)32/h4-6,9-14,26H,7-8H2,1-3H3,(H2,25,32)(H2,28,29,30,33). The summed E-state index contributed by atoms with van der Waals surface area (Å²) < 4.78 is 26.5. The number of anilines is 3. The fraction of sp³-hybridized carbons (Fsp3) is 0.292. The second kappa shape index (κ2) is 9.90. The van der Waals surface area contributed by atoms with Crippen LogP contribution in [0.3, 0.4) is 0 Å². The summed E-state index contributed by atoms with van der Waals surface area (Å²) in [7, 11) is -1.47. The number of nitrogens with zero attached hydrogens (tertiary/aromatic N) is 3. The highest BCUT2D eigenvalue weighted by atomic mass is 32.2. The molecule has 2 heterocycles. The van der Waals surface area contributed by atoms with Gasteiger partial charge >= 0.3 is 0 Å². The van der Waals surface area contributed by atoms with E-state index >= 15 is 0 Å². The average molecular weight is 510 g/mol. The lowest BCUT2D eigenvalue weighted by atomic mass is 10.1. The molecule has 11 nitrogen and oxygen atoms in total. The van der Waals surface area contributed by atoms with Crippen LogP contribution >= 0.6 is 0 Å². The minimum Gasteiger partial charge on any atom is -0.494 e. The van der Waals surface area contributed by atoms with E-state index in [0.717, 1.165) is 12.8 Å². The van der Waals surface area contributed by atoms with Crippen molar-refractivity contribution < 1.29 is 18.5 Å². The van der Waals surface area contributed by atoms with Gasteiger partial charge in [0.15, 0.2) is 17.3 Å². The molecule has 36 heavy (non-hydrogen) atoms. The summed E-state index contributed by atoms with van der Waals surface area (Å²) in [6.07, 6.45) is 3.11. The Morgan fingerprint density at radius 2 is 1.92 bits per heavy atom. The van der Waals surface area contributed by atoms with E-state index in [9.17, 15) is 13.8 Å². The predicted octanol–water partition coefficient (Wildman–Crippen LogP) is 3.55. The number of nitrogens with two attached hydrogens (primary N) is 1. The van der Waals surface area contributed by atoms with Gasteiger partial charge in [-0.1, -0.05) is 6.07 Å². The monoisotopic (exact) mass is 509 g/mol. The Labute approximate surface area is 208 Å². The van der Waals surface area contributed by atoms with Gasteiger partial charge in [0, 0.05) is 29.0 Å². The minimum absolute atomic E-state index is 0.0290. The number of pyridine rings is 1. The molecule has 1 saturated carbocycles. The van der Waals surface area contributed by atoms with Gasteiger partial charge in [-0.25, -0.2) is 8.99 Å². The predicted molar refractivity (Wildman–Crippen MR) is 136 cm³/mol. The molecule has 1 aromatic carbocycles. The fourth-order valence-electron chi connectivity index (χ4n) is 3.50. The first-order valence-electron chi connectivity index (χ1n) is 11.3. The van der Waals surface area contributed by atoms with Crippen LogP contribution in [0, 0.1) is 10.7 Å². The van der Waals surface area contributed by atoms with Crippen molar-refractivity contribution in [3.05, 3.63) is 48.3 Å². The van der Waals surface area contributed by atoms with E-state index in [-0.39, 0.29) is 34.3 Å². The van der Waals surface area contributed by atoms with Gasteiger partial charge in [0.2, 0.25) is 5.91 Å². The minimum atomic E-state index is -2.96. The van der Waals surface area contributed by atoms with Crippen LogP contribution in [0.25, 0.3) is 11.3 Å². The number of rotatable bonds is 9. The van der Waals surface area contributed by atoms with E-state index in [4.69, 9.17) is 15.3 Å². The number of hydrogen-bond acceptors (Lipinski definition) is 9. The van der Waals surface area contributed by atoms with Crippen LogP contribution in [0.5, 0.6) is 5.75 Å². The third-order valence-electron chi connectivity index (χ3n) is 5.74. The lowest BCUT2D eigenvalue weighted by molar-refractivity contribution is -0.117. The summed E-state index contributed by atoms with van der Waals surface area (Å²) in [4.78, 5) is 28.9. The number of hydrogen-bond donors (Lipinski definition) is 4. The number of ether oxygens (including phenoxy) is 1. The Kier molecular flexibility index (Phi) is 6.88. The molecular weight excluding hydrogens is 482 g/mol. The lowest BCUT2D eigenvalue weighted by Gasteiger charge is -2.17. The van der Waals surface area contributed by atoms with Gasteiger partial charge in [0.25, 0.3) is 5.91 Å². The molecule has 3 aromatic rings. The van der Waals surface area contributed by atoms with E-state index in [1.165, 1.54) is 19.4 Å². The van der Waals surface area contributed by atoms with Crippen LogP contribution in [0.1, 0.15) is 37.2 Å². The molecule has 0 saturated heterocycles. The Morgan fingerprint density at radius 1 is 1.17 bits per heavy atom. The third-order valence-corrected chi connectivity index (χ3v) is 8.01. The molecule has 5 N–H and O–H groups in total. The maximum atomic E-state index is 12.7. The quantitative estimate of drug-likeness (QED) is 0.339. The molecule has 188 valence electrons. The number of carbonyl (C=O) groups excluding carboxylic acids is 2.